The van der Waals surface area contributed by atoms with Gasteiger partial charge in [-0.05, 0) is 73.9 Å². The first-order chi connectivity index (χ1) is 19.6. The Balaban J connectivity index is 1.22. The summed E-state index contributed by atoms with van der Waals surface area (Å²) in [7, 11) is 0. The number of carbonyl (C=O) groups excluding carboxylic acids is 1. The van der Waals surface area contributed by atoms with Crippen LogP contribution in [0.25, 0.3) is 12.3 Å². The van der Waals surface area contributed by atoms with Gasteiger partial charge in [-0.2, -0.15) is 0 Å². The van der Waals surface area contributed by atoms with Gasteiger partial charge in [0.05, 0.1) is 18.1 Å². The lowest BCUT2D eigenvalue weighted by molar-refractivity contribution is -0.274. The van der Waals surface area contributed by atoms with Crippen molar-refractivity contribution in [3.8, 4) is 5.75 Å². The van der Waals surface area contributed by atoms with Crippen LogP contribution in [0.3, 0.4) is 0 Å². The zero-order chi connectivity index (χ0) is 29.1. The molecule has 2 aromatic carbocycles. The molecular formula is C31H38F3N3O3S. The summed E-state index contributed by atoms with van der Waals surface area (Å²) < 4.78 is 47.2. The molecule has 1 N–H and O–H groups in total. The number of alkyl halides is 3. The topological polar surface area (TPSA) is 54.0 Å². The molecule has 0 bridgehead atoms. The maximum absolute atomic E-state index is 12.9. The van der Waals surface area contributed by atoms with Gasteiger partial charge < -0.3 is 19.7 Å². The fourth-order valence-corrected chi connectivity index (χ4v) is 6.47. The summed E-state index contributed by atoms with van der Waals surface area (Å²) in [4.78, 5) is 17.7. The Morgan fingerprint density at radius 1 is 1.15 bits per heavy atom. The predicted octanol–water partition coefficient (Wildman–Crippen LogP) is 4.41. The number of likely N-dealkylation sites (tertiary alicyclic amines) is 1. The third kappa shape index (κ3) is 7.59. The summed E-state index contributed by atoms with van der Waals surface area (Å²) in [5.74, 6) is 0.192. The second kappa shape index (κ2) is 12.7. The van der Waals surface area contributed by atoms with Crippen molar-refractivity contribution < 1.29 is 27.4 Å². The Bertz CT molecular complexity index is 1340. The molecule has 2 fully saturated rings. The lowest BCUT2D eigenvalue weighted by Gasteiger charge is -2.46. The number of hydrogen-bond donors (Lipinski definition) is 1. The third-order valence-corrected chi connectivity index (χ3v) is 9.02. The van der Waals surface area contributed by atoms with Crippen LogP contribution >= 0.6 is 11.8 Å². The highest BCUT2D eigenvalue weighted by Gasteiger charge is 2.35. The van der Waals surface area contributed by atoms with Gasteiger partial charge in [-0.15, -0.1) is 24.9 Å². The van der Waals surface area contributed by atoms with Gasteiger partial charge in [0.15, 0.2) is 0 Å². The quantitative estimate of drug-likeness (QED) is 0.392. The van der Waals surface area contributed by atoms with E-state index in [0.717, 1.165) is 60.5 Å². The van der Waals surface area contributed by atoms with Crippen LogP contribution < -0.4 is 20.5 Å². The number of rotatable bonds is 11. The van der Waals surface area contributed by atoms with Crippen LogP contribution in [0.2, 0.25) is 0 Å². The Hall–Kier alpha value is -2.69. The molecule has 6 nitrogen and oxygen atoms in total. The van der Waals surface area contributed by atoms with Crippen molar-refractivity contribution in [2.24, 2.45) is 5.92 Å². The van der Waals surface area contributed by atoms with Crippen LogP contribution in [0.5, 0.6) is 5.75 Å². The highest BCUT2D eigenvalue weighted by atomic mass is 32.2. The largest absolute Gasteiger partial charge is 0.573 e. The Labute approximate surface area is 243 Å². The van der Waals surface area contributed by atoms with E-state index in [1.807, 2.05) is 25.3 Å². The fourth-order valence-electron chi connectivity index (χ4n) is 5.57. The van der Waals surface area contributed by atoms with E-state index in [-0.39, 0.29) is 17.0 Å². The average molecular weight is 590 g/mol. The molecule has 0 aromatic heterocycles. The minimum atomic E-state index is -4.69. The molecule has 1 amide bonds. The van der Waals surface area contributed by atoms with E-state index in [1.165, 1.54) is 12.1 Å². The first-order valence-corrected chi connectivity index (χ1v) is 15.5. The van der Waals surface area contributed by atoms with Crippen LogP contribution in [0.1, 0.15) is 53.0 Å². The monoisotopic (exact) mass is 589 g/mol. The lowest BCUT2D eigenvalue weighted by Crippen LogP contribution is -2.52. The van der Waals surface area contributed by atoms with E-state index in [4.69, 9.17) is 4.74 Å². The fraction of sp³-hybridized carbons (Fsp3) is 0.516. The number of carbonyl (C=O) groups is 1. The SMILES string of the molecule is CSC(c1ccc(OC(F)(F)F)cc1)N1CC(CN2C=c3c(C)c(C(=O)NCCOC4CC4)ccc3=CCC2C)C1. The molecule has 2 atom stereocenters. The van der Waals surface area contributed by atoms with Gasteiger partial charge in [-0.1, -0.05) is 24.3 Å². The van der Waals surface area contributed by atoms with Gasteiger partial charge in [-0.3, -0.25) is 9.69 Å². The maximum atomic E-state index is 12.9. The molecule has 2 heterocycles. The summed E-state index contributed by atoms with van der Waals surface area (Å²) in [6.45, 7) is 8.01. The summed E-state index contributed by atoms with van der Waals surface area (Å²) in [6.07, 6.45) is 5.35. The third-order valence-electron chi connectivity index (χ3n) is 8.01. The minimum Gasteiger partial charge on any atom is -0.406 e. The zero-order valence-corrected chi connectivity index (χ0v) is 24.6. The zero-order valence-electron chi connectivity index (χ0n) is 23.7. The molecule has 41 heavy (non-hydrogen) atoms. The molecule has 5 rings (SSSR count). The van der Waals surface area contributed by atoms with Crippen LogP contribution in [0.15, 0.2) is 36.4 Å². The van der Waals surface area contributed by atoms with Crippen LogP contribution in [0.4, 0.5) is 13.2 Å². The molecule has 3 aliphatic rings. The van der Waals surface area contributed by atoms with E-state index >= 15 is 0 Å². The smallest absolute Gasteiger partial charge is 0.406 e. The molecule has 2 unspecified atom stereocenters. The Morgan fingerprint density at radius 2 is 1.88 bits per heavy atom. The molecule has 1 aliphatic carbocycles. The summed E-state index contributed by atoms with van der Waals surface area (Å²) >= 11 is 1.68. The van der Waals surface area contributed by atoms with Gasteiger partial charge in [0.25, 0.3) is 5.91 Å². The van der Waals surface area contributed by atoms with Crippen molar-refractivity contribution in [2.45, 2.75) is 57.0 Å². The van der Waals surface area contributed by atoms with Crippen molar-refractivity contribution in [3.63, 3.8) is 0 Å². The number of halogens is 3. The van der Waals surface area contributed by atoms with E-state index in [2.05, 4.69) is 39.1 Å². The minimum absolute atomic E-state index is 0.0716. The Kier molecular flexibility index (Phi) is 9.21. The number of fused-ring (bicyclic) bond motifs is 1. The van der Waals surface area contributed by atoms with Crippen LogP contribution in [-0.2, 0) is 4.74 Å². The summed E-state index contributed by atoms with van der Waals surface area (Å²) in [6, 6.07) is 10.5. The highest BCUT2D eigenvalue weighted by molar-refractivity contribution is 7.98. The van der Waals surface area contributed by atoms with Gasteiger partial charge in [0, 0.05) is 55.1 Å². The molecule has 2 aliphatic heterocycles. The molecule has 0 spiro atoms. The number of hydrogen-bond acceptors (Lipinski definition) is 6. The van der Waals surface area contributed by atoms with Crippen molar-refractivity contribution in [1.82, 2.24) is 15.1 Å². The van der Waals surface area contributed by atoms with Crippen molar-refractivity contribution >= 4 is 29.9 Å². The summed E-state index contributed by atoms with van der Waals surface area (Å²) in [5.41, 5.74) is 2.64. The van der Waals surface area contributed by atoms with Gasteiger partial charge in [-0.25, -0.2) is 0 Å². The number of nitrogens with one attached hydrogen (secondary N) is 1. The van der Waals surface area contributed by atoms with E-state index in [0.29, 0.717) is 36.8 Å². The Morgan fingerprint density at radius 3 is 2.54 bits per heavy atom. The molecule has 2 aromatic rings. The number of ether oxygens (including phenoxy) is 2. The molecule has 1 saturated heterocycles. The number of thioether (sulfide) groups is 1. The average Bonchev–Trinajstić information content (AvgIpc) is 3.74. The van der Waals surface area contributed by atoms with Gasteiger partial charge in [0.2, 0.25) is 0 Å². The maximum Gasteiger partial charge on any atom is 0.573 e. The molecule has 10 heteroatoms. The molecule has 222 valence electrons. The van der Waals surface area contributed by atoms with Crippen molar-refractivity contribution in [2.75, 3.05) is 39.0 Å². The van der Waals surface area contributed by atoms with Gasteiger partial charge in [0.1, 0.15) is 5.75 Å². The predicted molar refractivity (Wildman–Crippen MR) is 156 cm³/mol. The highest BCUT2D eigenvalue weighted by Crippen LogP contribution is 2.37. The normalized spacial score (nSPS) is 20.2. The number of benzene rings is 2. The molecule has 1 saturated carbocycles. The van der Waals surface area contributed by atoms with Crippen molar-refractivity contribution in [1.29, 1.82) is 0 Å². The molecule has 0 radical (unpaired) electrons. The lowest BCUT2D eigenvalue weighted by atomic mass is 9.97. The van der Waals surface area contributed by atoms with E-state index in [1.54, 1.807) is 23.9 Å². The summed E-state index contributed by atoms with van der Waals surface area (Å²) in [5, 5.41) is 5.32. The second-order valence-electron chi connectivity index (χ2n) is 11.2. The standard InChI is InChI=1S/C31H38F3N3O3S/c1-20-4-5-23-8-13-27(29(38)35-14-15-39-25-11-12-25)21(2)28(23)19-36(20)16-22-17-37(18-22)30(41-3)24-6-9-26(10-7-24)40-31(32,33)34/h5-10,13,19-20,22,25,30H,4,11-12,14-18H2,1-3H3,(H,35,38). The van der Waals surface area contributed by atoms with E-state index < -0.39 is 6.36 Å². The number of nitrogens with zero attached hydrogens (tertiary/aromatic N) is 2. The molecular weight excluding hydrogens is 551 g/mol. The van der Waals surface area contributed by atoms with Crippen molar-refractivity contribution in [3.05, 3.63) is 63.5 Å². The van der Waals surface area contributed by atoms with E-state index in [9.17, 15) is 18.0 Å². The van der Waals surface area contributed by atoms with Crippen LogP contribution in [-0.4, -0.2) is 73.3 Å². The second-order valence-corrected chi connectivity index (χ2v) is 12.1. The van der Waals surface area contributed by atoms with Gasteiger partial charge >= 0.3 is 6.36 Å². The first-order valence-electron chi connectivity index (χ1n) is 14.2. The number of amides is 1. The van der Waals surface area contributed by atoms with Crippen LogP contribution in [0, 0.1) is 12.8 Å². The first kappa shape index (κ1) is 29.8.